The van der Waals surface area contributed by atoms with Crippen LogP contribution in [0.4, 0.5) is 0 Å². The Hall–Kier alpha value is -2.60. The first-order chi connectivity index (χ1) is 11.8. The van der Waals surface area contributed by atoms with Crippen LogP contribution < -0.4 is 14.8 Å². The first kappa shape index (κ1) is 15.0. The Morgan fingerprint density at radius 2 is 1.96 bits per heavy atom. The van der Waals surface area contributed by atoms with Gasteiger partial charge in [-0.15, -0.1) is 11.3 Å². The van der Waals surface area contributed by atoms with Crippen LogP contribution in [-0.4, -0.2) is 24.1 Å². The molecule has 0 saturated heterocycles. The van der Waals surface area contributed by atoms with Gasteiger partial charge < -0.3 is 14.8 Å². The molecule has 0 spiro atoms. The largest absolute Gasteiger partial charge is 0.486 e. The zero-order valence-corrected chi connectivity index (χ0v) is 13.8. The Labute approximate surface area is 143 Å². The summed E-state index contributed by atoms with van der Waals surface area (Å²) in [7, 11) is 0. The van der Waals surface area contributed by atoms with E-state index in [-0.39, 0.29) is 5.91 Å². The van der Waals surface area contributed by atoms with Gasteiger partial charge in [-0.3, -0.25) is 4.79 Å². The molecule has 0 aliphatic carbocycles. The normalized spacial score (nSPS) is 13.0. The van der Waals surface area contributed by atoms with Crippen molar-refractivity contribution < 1.29 is 14.3 Å². The fourth-order valence-corrected chi connectivity index (χ4v) is 3.52. The number of amides is 1. The second-order valence-corrected chi connectivity index (χ2v) is 6.62. The number of thiazole rings is 1. The van der Waals surface area contributed by atoms with Gasteiger partial charge in [0.15, 0.2) is 11.5 Å². The van der Waals surface area contributed by atoms with Gasteiger partial charge in [-0.05, 0) is 29.8 Å². The van der Waals surface area contributed by atoms with Crippen molar-refractivity contribution in [2.24, 2.45) is 0 Å². The summed E-state index contributed by atoms with van der Waals surface area (Å²) in [5, 5.41) is 3.83. The lowest BCUT2D eigenvalue weighted by Crippen LogP contribution is -2.24. The highest BCUT2D eigenvalue weighted by Gasteiger charge is 2.13. The SMILES string of the molecule is O=C(Cc1ccc2c(c1)OCCO2)NCc1nc2ccccc2s1. The molecule has 2 aromatic carbocycles. The van der Waals surface area contributed by atoms with Crippen LogP contribution in [0.1, 0.15) is 10.6 Å². The van der Waals surface area contributed by atoms with Crippen LogP contribution in [0.25, 0.3) is 10.2 Å². The first-order valence-corrected chi connectivity index (χ1v) is 8.59. The highest BCUT2D eigenvalue weighted by molar-refractivity contribution is 7.18. The fraction of sp³-hybridized carbons (Fsp3) is 0.222. The van der Waals surface area contributed by atoms with Gasteiger partial charge in [0.1, 0.15) is 18.2 Å². The summed E-state index contributed by atoms with van der Waals surface area (Å²) in [5.74, 6) is 1.41. The third kappa shape index (κ3) is 3.19. The van der Waals surface area contributed by atoms with Gasteiger partial charge in [-0.1, -0.05) is 18.2 Å². The fourth-order valence-electron chi connectivity index (χ4n) is 2.62. The number of hydrogen-bond acceptors (Lipinski definition) is 5. The van der Waals surface area contributed by atoms with Crippen molar-refractivity contribution in [3.63, 3.8) is 0 Å². The number of para-hydroxylation sites is 1. The second-order valence-electron chi connectivity index (χ2n) is 5.51. The molecule has 4 rings (SSSR count). The molecule has 0 unspecified atom stereocenters. The topological polar surface area (TPSA) is 60.5 Å². The minimum Gasteiger partial charge on any atom is -0.486 e. The number of fused-ring (bicyclic) bond motifs is 2. The van der Waals surface area contributed by atoms with Crippen LogP contribution >= 0.6 is 11.3 Å². The smallest absolute Gasteiger partial charge is 0.224 e. The maximum atomic E-state index is 12.2. The van der Waals surface area contributed by atoms with Crippen LogP contribution in [-0.2, 0) is 17.8 Å². The molecule has 1 amide bonds. The number of carbonyl (C=O) groups is 1. The highest BCUT2D eigenvalue weighted by atomic mass is 32.1. The van der Waals surface area contributed by atoms with E-state index >= 15 is 0 Å². The lowest BCUT2D eigenvalue weighted by molar-refractivity contribution is -0.120. The number of benzene rings is 2. The maximum Gasteiger partial charge on any atom is 0.224 e. The van der Waals surface area contributed by atoms with Gasteiger partial charge in [-0.2, -0.15) is 0 Å². The lowest BCUT2D eigenvalue weighted by atomic mass is 10.1. The van der Waals surface area contributed by atoms with E-state index in [0.29, 0.717) is 31.9 Å². The Balaban J connectivity index is 1.38. The Morgan fingerprint density at radius 1 is 1.12 bits per heavy atom. The van der Waals surface area contributed by atoms with Crippen molar-refractivity contribution in [2.45, 2.75) is 13.0 Å². The molecule has 0 atom stereocenters. The summed E-state index contributed by atoms with van der Waals surface area (Å²) in [6.07, 6.45) is 0.307. The number of hydrogen-bond donors (Lipinski definition) is 1. The average molecular weight is 340 g/mol. The Kier molecular flexibility index (Phi) is 4.04. The standard InChI is InChI=1S/C18H16N2O3S/c21-17(10-12-5-6-14-15(9-12)23-8-7-22-14)19-11-18-20-13-3-1-2-4-16(13)24-18/h1-6,9H,7-8,10-11H2,(H,19,21). The van der Waals surface area contributed by atoms with Gasteiger partial charge in [-0.25, -0.2) is 4.98 Å². The predicted octanol–water partition coefficient (Wildman–Crippen LogP) is 2.93. The van der Waals surface area contributed by atoms with Gasteiger partial charge >= 0.3 is 0 Å². The molecule has 5 nitrogen and oxygen atoms in total. The van der Waals surface area contributed by atoms with Gasteiger partial charge in [0.25, 0.3) is 0 Å². The lowest BCUT2D eigenvalue weighted by Gasteiger charge is -2.18. The molecule has 1 aromatic heterocycles. The minimum atomic E-state index is -0.0362. The number of carbonyl (C=O) groups excluding carboxylic acids is 1. The number of nitrogens with one attached hydrogen (secondary N) is 1. The van der Waals surface area contributed by atoms with Crippen LogP contribution in [0.15, 0.2) is 42.5 Å². The molecule has 2 heterocycles. The summed E-state index contributed by atoms with van der Waals surface area (Å²) < 4.78 is 12.2. The quantitative estimate of drug-likeness (QED) is 0.793. The van der Waals surface area contributed by atoms with E-state index in [1.165, 1.54) is 0 Å². The summed E-state index contributed by atoms with van der Waals surface area (Å²) in [6, 6.07) is 13.6. The van der Waals surface area contributed by atoms with Crippen LogP contribution in [0, 0.1) is 0 Å². The molecule has 6 heteroatoms. The maximum absolute atomic E-state index is 12.2. The van der Waals surface area contributed by atoms with Crippen molar-refractivity contribution in [1.29, 1.82) is 0 Å². The Bertz CT molecular complexity index is 858. The zero-order chi connectivity index (χ0) is 16.4. The summed E-state index contributed by atoms with van der Waals surface area (Å²) in [5.41, 5.74) is 1.87. The number of aromatic nitrogens is 1. The van der Waals surface area contributed by atoms with Crippen molar-refractivity contribution in [3.8, 4) is 11.5 Å². The molecular weight excluding hydrogens is 324 g/mol. The van der Waals surface area contributed by atoms with Gasteiger partial charge in [0.2, 0.25) is 5.91 Å². The van der Waals surface area contributed by atoms with Crippen molar-refractivity contribution in [3.05, 3.63) is 53.0 Å². The average Bonchev–Trinajstić information content (AvgIpc) is 3.03. The molecule has 24 heavy (non-hydrogen) atoms. The summed E-state index contributed by atoms with van der Waals surface area (Å²) >= 11 is 1.60. The Morgan fingerprint density at radius 3 is 2.83 bits per heavy atom. The summed E-state index contributed by atoms with van der Waals surface area (Å²) in [6.45, 7) is 1.55. The van der Waals surface area contributed by atoms with E-state index in [2.05, 4.69) is 10.3 Å². The molecular formula is C18H16N2O3S. The number of rotatable bonds is 4. The monoisotopic (exact) mass is 340 g/mol. The van der Waals surface area contributed by atoms with Crippen molar-refractivity contribution in [2.75, 3.05) is 13.2 Å². The van der Waals surface area contributed by atoms with Crippen LogP contribution in [0.2, 0.25) is 0 Å². The van der Waals surface area contributed by atoms with E-state index < -0.39 is 0 Å². The van der Waals surface area contributed by atoms with E-state index in [1.54, 1.807) is 11.3 Å². The molecule has 0 bridgehead atoms. The van der Waals surface area contributed by atoms with Crippen molar-refractivity contribution in [1.82, 2.24) is 10.3 Å². The molecule has 1 aliphatic rings. The summed E-state index contributed by atoms with van der Waals surface area (Å²) in [4.78, 5) is 16.7. The van der Waals surface area contributed by atoms with E-state index in [0.717, 1.165) is 26.5 Å². The number of ether oxygens (including phenoxy) is 2. The van der Waals surface area contributed by atoms with Crippen molar-refractivity contribution >= 4 is 27.5 Å². The number of nitrogens with zero attached hydrogens (tertiary/aromatic N) is 1. The third-order valence-corrected chi connectivity index (χ3v) is 4.78. The van der Waals surface area contributed by atoms with Gasteiger partial charge in [0.05, 0.1) is 23.2 Å². The van der Waals surface area contributed by atoms with Crippen LogP contribution in [0.3, 0.4) is 0 Å². The highest BCUT2D eigenvalue weighted by Crippen LogP contribution is 2.30. The molecule has 1 aliphatic heterocycles. The molecule has 0 fully saturated rings. The van der Waals surface area contributed by atoms with E-state index in [1.807, 2.05) is 42.5 Å². The molecule has 3 aromatic rings. The van der Waals surface area contributed by atoms with Crippen LogP contribution in [0.5, 0.6) is 11.5 Å². The molecule has 0 saturated carbocycles. The zero-order valence-electron chi connectivity index (χ0n) is 13.0. The second kappa shape index (κ2) is 6.49. The van der Waals surface area contributed by atoms with E-state index in [9.17, 15) is 4.79 Å². The third-order valence-electron chi connectivity index (χ3n) is 3.75. The van der Waals surface area contributed by atoms with E-state index in [4.69, 9.17) is 9.47 Å². The molecule has 1 N–H and O–H groups in total. The molecule has 122 valence electrons. The predicted molar refractivity (Wildman–Crippen MR) is 92.6 cm³/mol. The van der Waals surface area contributed by atoms with Gasteiger partial charge in [0, 0.05) is 0 Å². The minimum absolute atomic E-state index is 0.0362. The first-order valence-electron chi connectivity index (χ1n) is 7.77. The molecule has 0 radical (unpaired) electrons.